The molecule has 98 valence electrons. The van der Waals surface area contributed by atoms with Crippen molar-refractivity contribution in [3.63, 3.8) is 0 Å². The summed E-state index contributed by atoms with van der Waals surface area (Å²) in [5.74, 6) is 0.486. The number of thioether (sulfide) groups is 1. The lowest BCUT2D eigenvalue weighted by Gasteiger charge is -2.32. The Labute approximate surface area is 106 Å². The van der Waals surface area contributed by atoms with Gasteiger partial charge in [-0.1, -0.05) is 30.8 Å². The van der Waals surface area contributed by atoms with Gasteiger partial charge in [-0.25, -0.2) is 0 Å². The number of hydrogen-bond acceptors (Lipinski definition) is 4. The molecule has 0 aromatic rings. The summed E-state index contributed by atoms with van der Waals surface area (Å²) in [4.78, 5) is 11.7. The van der Waals surface area contributed by atoms with Crippen LogP contribution in [0.1, 0.15) is 38.5 Å². The van der Waals surface area contributed by atoms with Crippen molar-refractivity contribution in [3.8, 4) is 0 Å². The van der Waals surface area contributed by atoms with E-state index in [1.807, 2.05) is 6.26 Å². The second-order valence-corrected chi connectivity index (χ2v) is 5.33. The highest BCUT2D eigenvalue weighted by molar-refractivity contribution is 7.99. The molecular formula is C11H21N3O2S. The SMILES string of the molecule is CSCC(=O)NC1(/C(N)=N\O)CCCCCC1. The zero-order valence-electron chi connectivity index (χ0n) is 10.2. The number of hydrogen-bond donors (Lipinski definition) is 3. The fourth-order valence-corrected chi connectivity index (χ4v) is 2.64. The van der Waals surface area contributed by atoms with Crippen LogP contribution in [0.3, 0.4) is 0 Å². The molecule has 0 bridgehead atoms. The number of carbonyl (C=O) groups excluding carboxylic acids is 1. The number of nitrogens with two attached hydrogens (primary N) is 1. The molecule has 0 aromatic carbocycles. The third kappa shape index (κ3) is 3.80. The van der Waals surface area contributed by atoms with Gasteiger partial charge < -0.3 is 16.3 Å². The Morgan fingerprint density at radius 3 is 2.47 bits per heavy atom. The van der Waals surface area contributed by atoms with Crippen LogP contribution in [0.15, 0.2) is 5.16 Å². The minimum atomic E-state index is -0.641. The highest BCUT2D eigenvalue weighted by atomic mass is 32.2. The first-order valence-corrected chi connectivity index (χ1v) is 7.32. The van der Waals surface area contributed by atoms with E-state index in [1.165, 1.54) is 11.8 Å². The van der Waals surface area contributed by atoms with Crippen LogP contribution in [0.4, 0.5) is 0 Å². The van der Waals surface area contributed by atoms with Gasteiger partial charge >= 0.3 is 0 Å². The van der Waals surface area contributed by atoms with Crippen molar-refractivity contribution >= 4 is 23.5 Å². The van der Waals surface area contributed by atoms with Crippen LogP contribution >= 0.6 is 11.8 Å². The summed E-state index contributed by atoms with van der Waals surface area (Å²) in [7, 11) is 0. The van der Waals surface area contributed by atoms with E-state index in [1.54, 1.807) is 0 Å². The van der Waals surface area contributed by atoms with Crippen LogP contribution in [0.25, 0.3) is 0 Å². The van der Waals surface area contributed by atoms with Crippen LogP contribution in [-0.4, -0.2) is 34.5 Å². The van der Waals surface area contributed by atoms with Crippen molar-refractivity contribution in [1.29, 1.82) is 0 Å². The summed E-state index contributed by atoms with van der Waals surface area (Å²) < 4.78 is 0. The largest absolute Gasteiger partial charge is 0.409 e. The zero-order chi connectivity index (χ0) is 12.7. The van der Waals surface area contributed by atoms with Gasteiger partial charge in [0, 0.05) is 0 Å². The Morgan fingerprint density at radius 2 is 2.00 bits per heavy atom. The van der Waals surface area contributed by atoms with E-state index >= 15 is 0 Å². The van der Waals surface area contributed by atoms with Gasteiger partial charge in [0.15, 0.2) is 5.84 Å². The molecule has 5 nitrogen and oxygen atoms in total. The lowest BCUT2D eigenvalue weighted by molar-refractivity contribution is -0.119. The van der Waals surface area contributed by atoms with Gasteiger partial charge in [0.05, 0.1) is 5.75 Å². The van der Waals surface area contributed by atoms with Gasteiger partial charge in [-0.15, -0.1) is 0 Å². The Hall–Kier alpha value is -0.910. The Morgan fingerprint density at radius 1 is 1.41 bits per heavy atom. The number of amidine groups is 1. The maximum absolute atomic E-state index is 11.7. The molecule has 0 aliphatic heterocycles. The molecule has 1 aliphatic carbocycles. The Bertz CT molecular complexity index is 286. The first kappa shape index (κ1) is 14.2. The molecule has 6 heteroatoms. The molecule has 1 aliphatic rings. The molecule has 0 heterocycles. The third-order valence-corrected chi connectivity index (χ3v) is 3.76. The van der Waals surface area contributed by atoms with E-state index in [-0.39, 0.29) is 11.7 Å². The lowest BCUT2D eigenvalue weighted by Crippen LogP contribution is -2.57. The molecule has 1 amide bonds. The van der Waals surface area contributed by atoms with Crippen LogP contribution < -0.4 is 11.1 Å². The van der Waals surface area contributed by atoms with Gasteiger partial charge in [0.2, 0.25) is 5.91 Å². The summed E-state index contributed by atoms with van der Waals surface area (Å²) >= 11 is 1.47. The van der Waals surface area contributed by atoms with Gasteiger partial charge in [0.1, 0.15) is 5.54 Å². The first-order valence-electron chi connectivity index (χ1n) is 5.92. The number of carbonyl (C=O) groups is 1. The zero-order valence-corrected chi connectivity index (χ0v) is 11.1. The summed E-state index contributed by atoms with van der Waals surface area (Å²) in [6.07, 6.45) is 7.65. The molecule has 0 radical (unpaired) electrons. The predicted octanol–water partition coefficient (Wildman–Crippen LogP) is 1.30. The molecule has 4 N–H and O–H groups in total. The molecule has 1 saturated carbocycles. The second-order valence-electron chi connectivity index (χ2n) is 4.46. The third-order valence-electron chi connectivity index (χ3n) is 3.21. The average molecular weight is 259 g/mol. The number of oxime groups is 1. The van der Waals surface area contributed by atoms with E-state index < -0.39 is 5.54 Å². The van der Waals surface area contributed by atoms with E-state index in [2.05, 4.69) is 10.5 Å². The standard InChI is InChI=1S/C11H21N3O2S/c1-17-8-9(15)13-11(10(12)14-16)6-4-2-3-5-7-11/h16H,2-8H2,1H3,(H2,12,14)(H,13,15). The molecule has 0 saturated heterocycles. The smallest absolute Gasteiger partial charge is 0.230 e. The van der Waals surface area contributed by atoms with Gasteiger partial charge in [-0.2, -0.15) is 11.8 Å². The van der Waals surface area contributed by atoms with E-state index in [0.717, 1.165) is 38.5 Å². The summed E-state index contributed by atoms with van der Waals surface area (Å²) in [6.45, 7) is 0. The second kappa shape index (κ2) is 6.74. The topological polar surface area (TPSA) is 87.7 Å². The quantitative estimate of drug-likeness (QED) is 0.233. The molecule has 0 spiro atoms. The lowest BCUT2D eigenvalue weighted by atomic mass is 9.89. The fourth-order valence-electron chi connectivity index (χ4n) is 2.31. The van der Waals surface area contributed by atoms with Crippen molar-refractivity contribution in [2.45, 2.75) is 44.1 Å². The van der Waals surface area contributed by atoms with Crippen LogP contribution in [0.2, 0.25) is 0 Å². The number of amides is 1. The highest BCUT2D eigenvalue weighted by Gasteiger charge is 2.36. The number of nitrogens with zero attached hydrogens (tertiary/aromatic N) is 1. The van der Waals surface area contributed by atoms with Crippen molar-refractivity contribution < 1.29 is 10.0 Å². The monoisotopic (exact) mass is 259 g/mol. The van der Waals surface area contributed by atoms with Crippen molar-refractivity contribution in [2.75, 3.05) is 12.0 Å². The van der Waals surface area contributed by atoms with Crippen LogP contribution in [-0.2, 0) is 4.79 Å². The minimum Gasteiger partial charge on any atom is -0.409 e. The average Bonchev–Trinajstić information content (AvgIpc) is 2.55. The molecule has 0 aromatic heterocycles. The maximum atomic E-state index is 11.7. The van der Waals surface area contributed by atoms with Crippen molar-refractivity contribution in [3.05, 3.63) is 0 Å². The normalized spacial score (nSPS) is 20.6. The van der Waals surface area contributed by atoms with Crippen molar-refractivity contribution in [2.24, 2.45) is 10.9 Å². The van der Waals surface area contributed by atoms with E-state index in [0.29, 0.717) is 5.75 Å². The van der Waals surface area contributed by atoms with Gasteiger partial charge in [0.25, 0.3) is 0 Å². The molecule has 0 unspecified atom stereocenters. The first-order chi connectivity index (χ1) is 8.14. The van der Waals surface area contributed by atoms with Crippen LogP contribution in [0, 0.1) is 0 Å². The highest BCUT2D eigenvalue weighted by Crippen LogP contribution is 2.27. The summed E-state index contributed by atoms with van der Waals surface area (Å²) in [6, 6.07) is 0. The number of nitrogens with one attached hydrogen (secondary N) is 1. The fraction of sp³-hybridized carbons (Fsp3) is 0.818. The van der Waals surface area contributed by atoms with Gasteiger partial charge in [-0.3, -0.25) is 4.79 Å². The number of rotatable bonds is 4. The predicted molar refractivity (Wildman–Crippen MR) is 70.4 cm³/mol. The van der Waals surface area contributed by atoms with Crippen molar-refractivity contribution in [1.82, 2.24) is 5.32 Å². The molecular weight excluding hydrogens is 238 g/mol. The summed E-state index contributed by atoms with van der Waals surface area (Å²) in [5, 5.41) is 15.0. The maximum Gasteiger partial charge on any atom is 0.230 e. The van der Waals surface area contributed by atoms with Crippen LogP contribution in [0.5, 0.6) is 0 Å². The summed E-state index contributed by atoms with van der Waals surface area (Å²) in [5.41, 5.74) is 5.13. The molecule has 17 heavy (non-hydrogen) atoms. The molecule has 1 rings (SSSR count). The van der Waals surface area contributed by atoms with E-state index in [4.69, 9.17) is 10.9 Å². The van der Waals surface area contributed by atoms with E-state index in [9.17, 15) is 4.79 Å². The Kier molecular flexibility index (Phi) is 5.61. The van der Waals surface area contributed by atoms with Gasteiger partial charge in [-0.05, 0) is 19.1 Å². The molecule has 0 atom stereocenters. The minimum absolute atomic E-state index is 0.0500. The molecule has 1 fully saturated rings. The Balaban J connectivity index is 2.80.